The maximum Gasteiger partial charge on any atom is 0.173 e. The van der Waals surface area contributed by atoms with Gasteiger partial charge in [-0.2, -0.15) is 0 Å². The summed E-state index contributed by atoms with van der Waals surface area (Å²) in [5, 5.41) is 3.11. The van der Waals surface area contributed by atoms with Gasteiger partial charge in [-0.1, -0.05) is 0 Å². The predicted octanol–water partition coefficient (Wildman–Crippen LogP) is 3.77. The van der Waals surface area contributed by atoms with E-state index in [1.54, 1.807) is 6.20 Å². The number of rotatable bonds is 3. The van der Waals surface area contributed by atoms with Crippen LogP contribution in [0.4, 0.5) is 8.78 Å². The molecule has 1 aromatic carbocycles. The molecule has 0 radical (unpaired) electrons. The lowest BCUT2D eigenvalue weighted by Crippen LogP contribution is -2.15. The van der Waals surface area contributed by atoms with Crippen molar-refractivity contribution in [3.05, 3.63) is 45.7 Å². The van der Waals surface area contributed by atoms with Crippen molar-refractivity contribution in [2.45, 2.75) is 19.9 Å². The highest BCUT2D eigenvalue weighted by molar-refractivity contribution is 9.10. The van der Waals surface area contributed by atoms with Gasteiger partial charge in [-0.3, -0.25) is 0 Å². The number of benzene rings is 1. The summed E-state index contributed by atoms with van der Waals surface area (Å²) in [6.45, 7) is 3.86. The minimum absolute atomic E-state index is 0.0336. The Hall–Kier alpha value is -1.40. The molecule has 1 unspecified atom stereocenters. The molecule has 106 valence electrons. The van der Waals surface area contributed by atoms with Gasteiger partial charge in [-0.05, 0) is 49.0 Å². The molecule has 2 aromatic rings. The zero-order valence-corrected chi connectivity index (χ0v) is 12.9. The van der Waals surface area contributed by atoms with Crippen molar-refractivity contribution in [2.75, 3.05) is 7.05 Å². The van der Waals surface area contributed by atoms with Crippen molar-refractivity contribution in [3.8, 4) is 11.4 Å². The van der Waals surface area contributed by atoms with Gasteiger partial charge < -0.3 is 5.32 Å². The highest BCUT2D eigenvalue weighted by Crippen LogP contribution is 2.30. The third kappa shape index (κ3) is 2.71. The predicted molar refractivity (Wildman–Crippen MR) is 77.3 cm³/mol. The maximum atomic E-state index is 13.6. The molecule has 1 N–H and O–H groups in total. The zero-order chi connectivity index (χ0) is 14.9. The summed E-state index contributed by atoms with van der Waals surface area (Å²) in [6.07, 6.45) is 1.70. The Balaban J connectivity index is 2.50. The van der Waals surface area contributed by atoms with E-state index >= 15 is 0 Å². The lowest BCUT2D eigenvalue weighted by Gasteiger charge is -2.13. The Morgan fingerprint density at radius 2 is 2.00 bits per heavy atom. The molecule has 0 spiro atoms. The van der Waals surface area contributed by atoms with E-state index in [0.717, 1.165) is 17.3 Å². The van der Waals surface area contributed by atoms with Gasteiger partial charge in [-0.25, -0.2) is 18.7 Å². The third-order valence-corrected chi connectivity index (χ3v) is 3.97. The second kappa shape index (κ2) is 5.93. The minimum atomic E-state index is -0.934. The molecule has 2 rings (SSSR count). The number of hydrogen-bond acceptors (Lipinski definition) is 3. The van der Waals surface area contributed by atoms with Gasteiger partial charge in [0.2, 0.25) is 0 Å². The van der Waals surface area contributed by atoms with Crippen LogP contribution in [-0.2, 0) is 0 Å². The summed E-state index contributed by atoms with van der Waals surface area (Å²) in [4.78, 5) is 8.61. The van der Waals surface area contributed by atoms with Gasteiger partial charge in [0.1, 0.15) is 0 Å². The van der Waals surface area contributed by atoms with E-state index in [1.807, 2.05) is 20.9 Å². The van der Waals surface area contributed by atoms with Crippen LogP contribution in [0.3, 0.4) is 0 Å². The lowest BCUT2D eigenvalue weighted by molar-refractivity contribution is 0.504. The number of nitrogens with one attached hydrogen (secondary N) is 1. The number of aromatic nitrogens is 2. The number of aryl methyl sites for hydroxylation is 1. The average molecular weight is 342 g/mol. The van der Waals surface area contributed by atoms with Crippen LogP contribution in [0.5, 0.6) is 0 Å². The molecular formula is C14H14BrF2N3. The van der Waals surface area contributed by atoms with Crippen LogP contribution in [-0.4, -0.2) is 17.0 Å². The van der Waals surface area contributed by atoms with Crippen LogP contribution in [0.15, 0.2) is 22.8 Å². The van der Waals surface area contributed by atoms with E-state index in [0.29, 0.717) is 11.4 Å². The van der Waals surface area contributed by atoms with Gasteiger partial charge >= 0.3 is 0 Å². The summed E-state index contributed by atoms with van der Waals surface area (Å²) in [5.41, 5.74) is 2.19. The van der Waals surface area contributed by atoms with Crippen LogP contribution in [0.1, 0.15) is 24.2 Å². The second-order valence-electron chi connectivity index (χ2n) is 4.47. The van der Waals surface area contributed by atoms with Gasteiger partial charge in [-0.15, -0.1) is 0 Å². The maximum absolute atomic E-state index is 13.6. The lowest BCUT2D eigenvalue weighted by atomic mass is 10.1. The fourth-order valence-corrected chi connectivity index (χ4v) is 2.38. The highest BCUT2D eigenvalue weighted by Gasteiger charge is 2.16. The molecule has 0 saturated carbocycles. The normalized spacial score (nSPS) is 12.5. The molecule has 1 aromatic heterocycles. The molecular weight excluding hydrogens is 328 g/mol. The Kier molecular flexibility index (Phi) is 4.45. The quantitative estimate of drug-likeness (QED) is 0.863. The molecule has 0 aliphatic heterocycles. The molecule has 0 saturated heterocycles. The van der Waals surface area contributed by atoms with E-state index in [4.69, 9.17) is 0 Å². The van der Waals surface area contributed by atoms with Crippen molar-refractivity contribution < 1.29 is 8.78 Å². The van der Waals surface area contributed by atoms with Crippen molar-refractivity contribution in [3.63, 3.8) is 0 Å². The SMILES string of the molecule is CNC(C)c1cnc(-c2ccc(F)c(F)c2Br)nc1C. The molecule has 0 fully saturated rings. The van der Waals surface area contributed by atoms with Crippen molar-refractivity contribution >= 4 is 15.9 Å². The van der Waals surface area contributed by atoms with Crippen LogP contribution in [0.2, 0.25) is 0 Å². The monoisotopic (exact) mass is 341 g/mol. The molecule has 1 heterocycles. The summed E-state index contributed by atoms with van der Waals surface area (Å²) in [5.74, 6) is -1.48. The van der Waals surface area contributed by atoms with Crippen molar-refractivity contribution in [1.82, 2.24) is 15.3 Å². The van der Waals surface area contributed by atoms with Gasteiger partial charge in [0, 0.05) is 29.1 Å². The Morgan fingerprint density at radius 1 is 1.30 bits per heavy atom. The van der Waals surface area contributed by atoms with E-state index < -0.39 is 11.6 Å². The number of hydrogen-bond donors (Lipinski definition) is 1. The second-order valence-corrected chi connectivity index (χ2v) is 5.26. The molecule has 0 aliphatic rings. The Labute approximate surface area is 124 Å². The summed E-state index contributed by atoms with van der Waals surface area (Å²) in [7, 11) is 1.85. The first kappa shape index (κ1) is 15.0. The van der Waals surface area contributed by atoms with Crippen LogP contribution >= 0.6 is 15.9 Å². The van der Waals surface area contributed by atoms with Gasteiger partial charge in [0.15, 0.2) is 17.5 Å². The Bertz CT molecular complexity index is 647. The van der Waals surface area contributed by atoms with E-state index in [2.05, 4.69) is 31.2 Å². The Morgan fingerprint density at radius 3 is 2.60 bits per heavy atom. The fourth-order valence-electron chi connectivity index (χ4n) is 1.89. The molecule has 20 heavy (non-hydrogen) atoms. The summed E-state index contributed by atoms with van der Waals surface area (Å²) >= 11 is 3.05. The van der Waals surface area contributed by atoms with Crippen LogP contribution in [0, 0.1) is 18.6 Å². The topological polar surface area (TPSA) is 37.8 Å². The summed E-state index contributed by atoms with van der Waals surface area (Å²) in [6, 6.07) is 2.65. The fraction of sp³-hybridized carbons (Fsp3) is 0.286. The summed E-state index contributed by atoms with van der Waals surface area (Å²) < 4.78 is 26.7. The van der Waals surface area contributed by atoms with Crippen molar-refractivity contribution in [2.24, 2.45) is 0 Å². The van der Waals surface area contributed by atoms with E-state index in [9.17, 15) is 8.78 Å². The van der Waals surface area contributed by atoms with E-state index in [1.165, 1.54) is 6.07 Å². The standard InChI is InChI=1S/C14H14BrF2N3/c1-7(18-3)10-6-19-14(20-8(10)2)9-4-5-11(16)13(17)12(9)15/h4-7,18H,1-3H3. The first-order chi connectivity index (χ1) is 9.45. The molecule has 0 bridgehead atoms. The van der Waals surface area contributed by atoms with Gasteiger partial charge in [0.05, 0.1) is 4.47 Å². The van der Waals surface area contributed by atoms with Crippen molar-refractivity contribution in [1.29, 1.82) is 0 Å². The molecule has 6 heteroatoms. The zero-order valence-electron chi connectivity index (χ0n) is 11.3. The third-order valence-electron chi connectivity index (χ3n) is 3.19. The molecule has 3 nitrogen and oxygen atoms in total. The molecule has 1 atom stereocenters. The molecule has 0 amide bonds. The largest absolute Gasteiger partial charge is 0.313 e. The number of halogens is 3. The van der Waals surface area contributed by atoms with E-state index in [-0.39, 0.29) is 10.5 Å². The van der Waals surface area contributed by atoms with Crippen LogP contribution in [0.25, 0.3) is 11.4 Å². The minimum Gasteiger partial charge on any atom is -0.313 e. The highest BCUT2D eigenvalue weighted by atomic mass is 79.9. The van der Waals surface area contributed by atoms with Gasteiger partial charge in [0.25, 0.3) is 0 Å². The first-order valence-electron chi connectivity index (χ1n) is 6.10. The number of nitrogens with zero attached hydrogens (tertiary/aromatic N) is 2. The average Bonchev–Trinajstić information content (AvgIpc) is 2.44. The van der Waals surface area contributed by atoms with Crippen LogP contribution < -0.4 is 5.32 Å². The molecule has 0 aliphatic carbocycles. The smallest absolute Gasteiger partial charge is 0.173 e. The first-order valence-corrected chi connectivity index (χ1v) is 6.89.